The molecule has 4 aliphatic carbocycles. The van der Waals surface area contributed by atoms with E-state index in [0.29, 0.717) is 22.9 Å². The second-order valence-corrected chi connectivity index (χ2v) is 13.5. The molecule has 43 heavy (non-hydrogen) atoms. The summed E-state index contributed by atoms with van der Waals surface area (Å²) in [7, 11) is 3.01. The van der Waals surface area contributed by atoms with Crippen LogP contribution in [0.15, 0.2) is 39.7 Å². The first-order valence-corrected chi connectivity index (χ1v) is 15.0. The first-order valence-electron chi connectivity index (χ1n) is 14.0. The summed E-state index contributed by atoms with van der Waals surface area (Å²) < 4.78 is 47.5. The van der Waals surface area contributed by atoms with E-state index in [-0.39, 0.29) is 36.1 Å². The maximum atomic E-state index is 16.9. The number of aryl methyl sites for hydroxylation is 1. The number of aromatic amines is 1. The van der Waals surface area contributed by atoms with Gasteiger partial charge in [-0.3, -0.25) is 23.5 Å². The summed E-state index contributed by atoms with van der Waals surface area (Å²) in [6.45, 7) is 4.79. The quantitative estimate of drug-likeness (QED) is 0.462. The number of carbonyl (C=O) groups excluding carboxylic acids is 2. The lowest BCUT2D eigenvalue weighted by Crippen LogP contribution is -2.70. The number of aromatic nitrogens is 4. The average Bonchev–Trinajstić information content (AvgIpc) is 3.53. The molecular formula is C29H35F3N4O6S. The normalized spacial score (nSPS) is 39.8. The number of nitrogens with one attached hydrogen (secondary N) is 1. The molecule has 2 aromatic heterocycles. The van der Waals surface area contributed by atoms with Gasteiger partial charge in [0.1, 0.15) is 23.3 Å². The Labute approximate surface area is 249 Å². The number of halogens is 3. The van der Waals surface area contributed by atoms with Gasteiger partial charge in [-0.25, -0.2) is 22.9 Å². The number of rotatable bonds is 2. The minimum Gasteiger partial charge on any atom is -0.390 e. The van der Waals surface area contributed by atoms with Gasteiger partial charge in [0.25, 0.3) is 5.56 Å². The van der Waals surface area contributed by atoms with Gasteiger partial charge in [-0.1, -0.05) is 31.7 Å². The highest BCUT2D eigenvalue weighted by molar-refractivity contribution is 8.13. The molecule has 0 unspecified atom stereocenters. The third-order valence-corrected chi connectivity index (χ3v) is 11.4. The molecule has 9 atom stereocenters. The van der Waals surface area contributed by atoms with Crippen molar-refractivity contribution in [3.63, 3.8) is 0 Å². The van der Waals surface area contributed by atoms with Crippen LogP contribution in [0.4, 0.5) is 13.2 Å². The van der Waals surface area contributed by atoms with Gasteiger partial charge in [-0.2, -0.15) is 0 Å². The Morgan fingerprint density at radius 3 is 2.51 bits per heavy atom. The summed E-state index contributed by atoms with van der Waals surface area (Å²) >= 11 is 0.371. The van der Waals surface area contributed by atoms with Crippen molar-refractivity contribution in [1.82, 2.24) is 19.1 Å². The fourth-order valence-corrected chi connectivity index (χ4v) is 9.16. The van der Waals surface area contributed by atoms with Gasteiger partial charge in [-0.15, -0.1) is 0 Å². The molecular weight excluding hydrogens is 589 g/mol. The van der Waals surface area contributed by atoms with Crippen LogP contribution >= 0.6 is 11.8 Å². The number of alkyl halides is 3. The molecule has 0 bridgehead atoms. The van der Waals surface area contributed by atoms with E-state index in [2.05, 4.69) is 9.97 Å². The van der Waals surface area contributed by atoms with Crippen molar-refractivity contribution in [2.75, 3.05) is 6.01 Å². The summed E-state index contributed by atoms with van der Waals surface area (Å²) in [4.78, 5) is 54.0. The summed E-state index contributed by atoms with van der Waals surface area (Å²) in [6, 6.07) is -0.995. The number of ketones is 1. The Balaban J connectivity index is 0.000000235. The van der Waals surface area contributed by atoms with Crippen molar-refractivity contribution in [1.29, 1.82) is 0 Å². The van der Waals surface area contributed by atoms with E-state index < -0.39 is 69.0 Å². The third kappa shape index (κ3) is 4.04. The molecule has 0 saturated heterocycles. The Hall–Kier alpha value is -2.97. The van der Waals surface area contributed by atoms with Gasteiger partial charge in [0.05, 0.1) is 12.4 Å². The van der Waals surface area contributed by atoms with Crippen molar-refractivity contribution in [3.05, 3.63) is 51.0 Å². The van der Waals surface area contributed by atoms with Crippen LogP contribution in [-0.4, -0.2) is 69.8 Å². The second kappa shape index (κ2) is 10.3. The highest BCUT2D eigenvalue weighted by Gasteiger charge is 2.76. The Kier molecular flexibility index (Phi) is 7.53. The van der Waals surface area contributed by atoms with Gasteiger partial charge in [0, 0.05) is 30.8 Å². The van der Waals surface area contributed by atoms with Gasteiger partial charge in [-0.05, 0) is 55.7 Å². The topological polar surface area (TPSA) is 147 Å². The van der Waals surface area contributed by atoms with Crippen LogP contribution < -0.4 is 11.2 Å². The van der Waals surface area contributed by atoms with Crippen molar-refractivity contribution in [3.8, 4) is 0 Å². The van der Waals surface area contributed by atoms with Crippen molar-refractivity contribution < 1.29 is 33.0 Å². The summed E-state index contributed by atoms with van der Waals surface area (Å²) in [6.07, 6.45) is 1.70. The number of fused-ring (bicyclic) bond motifs is 6. The molecule has 0 amide bonds. The van der Waals surface area contributed by atoms with Crippen LogP contribution in [0.5, 0.6) is 0 Å². The molecule has 10 nitrogen and oxygen atoms in total. The van der Waals surface area contributed by atoms with Crippen LogP contribution in [-0.2, 0) is 23.7 Å². The summed E-state index contributed by atoms with van der Waals surface area (Å²) in [5, 5.41) is 21.9. The van der Waals surface area contributed by atoms with Gasteiger partial charge in [0.2, 0.25) is 5.12 Å². The smallest absolute Gasteiger partial charge is 0.332 e. The highest BCUT2D eigenvalue weighted by Crippen LogP contribution is 2.71. The van der Waals surface area contributed by atoms with Gasteiger partial charge < -0.3 is 15.2 Å². The molecule has 0 aromatic carbocycles. The Bertz CT molecular complexity index is 1690. The number of aliphatic hydroxyl groups excluding tert-OH is 1. The fourth-order valence-electron chi connectivity index (χ4n) is 8.40. The molecule has 4 aliphatic rings. The molecule has 3 saturated carbocycles. The van der Waals surface area contributed by atoms with Crippen LogP contribution in [0.25, 0.3) is 11.2 Å². The van der Waals surface area contributed by atoms with Crippen LogP contribution in [0.1, 0.15) is 40.0 Å². The molecule has 6 rings (SSSR count). The number of imidazole rings is 1. The van der Waals surface area contributed by atoms with Crippen molar-refractivity contribution in [2.24, 2.45) is 42.7 Å². The average molecular weight is 625 g/mol. The van der Waals surface area contributed by atoms with Gasteiger partial charge >= 0.3 is 5.69 Å². The van der Waals surface area contributed by atoms with E-state index >= 15 is 8.78 Å². The molecule has 2 aromatic rings. The number of H-pyrrole nitrogens is 1. The lowest BCUT2D eigenvalue weighted by Gasteiger charge is -2.63. The fraction of sp³-hybridized carbons (Fsp3) is 0.621. The van der Waals surface area contributed by atoms with E-state index in [1.165, 1.54) is 37.0 Å². The van der Waals surface area contributed by atoms with E-state index in [0.717, 1.165) is 10.6 Å². The maximum absolute atomic E-state index is 16.9. The predicted octanol–water partition coefficient (Wildman–Crippen LogP) is 2.43. The van der Waals surface area contributed by atoms with Crippen molar-refractivity contribution in [2.45, 2.75) is 63.6 Å². The minimum atomic E-state index is -2.26. The number of carbonyl (C=O) groups is 2. The molecule has 3 N–H and O–H groups in total. The molecule has 0 aliphatic heterocycles. The Morgan fingerprint density at radius 1 is 1.19 bits per heavy atom. The minimum absolute atomic E-state index is 0.0294. The summed E-state index contributed by atoms with van der Waals surface area (Å²) in [5.41, 5.74) is -6.90. The predicted molar refractivity (Wildman–Crippen MR) is 153 cm³/mol. The second-order valence-electron chi connectivity index (χ2n) is 12.6. The first-order chi connectivity index (χ1) is 20.0. The number of nitrogens with zero attached hydrogens (tertiary/aromatic N) is 3. The van der Waals surface area contributed by atoms with E-state index in [4.69, 9.17) is 0 Å². The molecule has 3 fully saturated rings. The molecule has 0 radical (unpaired) electrons. The van der Waals surface area contributed by atoms with Crippen molar-refractivity contribution >= 4 is 33.8 Å². The Morgan fingerprint density at radius 2 is 1.86 bits per heavy atom. The molecule has 0 spiro atoms. The number of hydrogen-bond donors (Lipinski definition) is 3. The van der Waals surface area contributed by atoms with Crippen LogP contribution in [0.3, 0.4) is 0 Å². The van der Waals surface area contributed by atoms with E-state index in [1.807, 2.05) is 0 Å². The van der Waals surface area contributed by atoms with Gasteiger partial charge in [0.15, 0.2) is 17.1 Å². The number of thioether (sulfide) groups is 1. The lowest BCUT2D eigenvalue weighted by molar-refractivity contribution is -0.221. The molecule has 234 valence electrons. The SMILES string of the molecule is C[C@@H]1C[C@H]2[C@@H]3C[C@H](F)C4=CC(=O)C=C[C@]4(C)[C@@]3(F)[C@@H](O)C[C@]2(C)[C@@]1(O)C(=O)SCF.Cn1c(=O)c2[nH]cnc2n(C)c1=O. The lowest BCUT2D eigenvalue weighted by atomic mass is 9.44. The highest BCUT2D eigenvalue weighted by atomic mass is 32.2. The van der Waals surface area contributed by atoms with E-state index in [1.54, 1.807) is 20.9 Å². The third-order valence-electron chi connectivity index (χ3n) is 10.7. The molecule has 2 heterocycles. The van der Waals surface area contributed by atoms with Crippen LogP contribution in [0.2, 0.25) is 0 Å². The zero-order valence-corrected chi connectivity index (χ0v) is 25.3. The summed E-state index contributed by atoms with van der Waals surface area (Å²) in [5.74, 6) is -2.57. The molecule has 14 heteroatoms. The monoisotopic (exact) mass is 624 g/mol. The number of hydrogen-bond acceptors (Lipinski definition) is 8. The van der Waals surface area contributed by atoms with E-state index in [9.17, 15) is 33.8 Å². The largest absolute Gasteiger partial charge is 0.390 e. The number of allylic oxidation sites excluding steroid dienone is 4. The van der Waals surface area contributed by atoms with Crippen LogP contribution in [0, 0.1) is 28.6 Å². The first kappa shape index (κ1) is 31.5. The standard InChI is InChI=1S/C22H27F3O4S.C7H8N4O2/c1-11-6-13-14-8-16(24)15-7-12(26)4-5-19(15,2)21(14,25)17(27)9-20(13,3)22(11,29)18(28)30-10-23;1-10-5-4(8-3-9-5)6(12)11(2)7(10)13/h4-5,7,11,13-14,16-17,27,29H,6,8-10H2,1-3H3;3H,1-2H3,(H,8,9)/t11-,13+,14+,16+,17+,19+,20+,21+,22+;/m1./s1. The number of aliphatic hydroxyl groups is 2. The maximum Gasteiger partial charge on any atom is 0.332 e. The zero-order chi connectivity index (χ0) is 31.9. The zero-order valence-electron chi connectivity index (χ0n) is 24.4.